The number of aromatic hydroxyl groups is 1. The van der Waals surface area contributed by atoms with Crippen LogP contribution < -0.4 is 0 Å². The number of benzene rings is 2. The number of phenolic OH excluding ortho intramolecular Hbond substituents is 1. The molecular weight excluding hydrogens is 385 g/mol. The summed E-state index contributed by atoms with van der Waals surface area (Å²) < 4.78 is 20.3. The summed E-state index contributed by atoms with van der Waals surface area (Å²) in [6.07, 6.45) is 1.53. The van der Waals surface area contributed by atoms with E-state index in [0.29, 0.717) is 28.1 Å². The number of nitrogens with one attached hydrogen (secondary N) is 1. The quantitative estimate of drug-likeness (QED) is 0.523. The normalized spacial score (nSPS) is 15.6. The smallest absolute Gasteiger partial charge is 0.273 e. The predicted molar refractivity (Wildman–Crippen MR) is 107 cm³/mol. The van der Waals surface area contributed by atoms with Gasteiger partial charge in [0, 0.05) is 16.7 Å². The predicted octanol–water partition coefficient (Wildman–Crippen LogP) is 4.57. The molecule has 0 saturated carbocycles. The van der Waals surface area contributed by atoms with E-state index in [2.05, 4.69) is 10.2 Å². The number of aromatic amines is 1. The summed E-state index contributed by atoms with van der Waals surface area (Å²) >= 11 is 0. The molecule has 1 aliphatic heterocycles. The van der Waals surface area contributed by atoms with Crippen LogP contribution in [0.4, 0.5) is 4.39 Å². The molecule has 3 heterocycles. The standard InChI is InChI=1S/C23H18FN3O3/c1-13-8-9-18(28)16(11-13)20-19-21(26-25-20)23(29)27(12-14-5-4-10-30-14)22(19)15-6-2-3-7-17(15)24/h2-11,22,28H,12H2,1H3,(H,25,26)/t22-/m1/s1. The number of hydrogen-bond acceptors (Lipinski definition) is 4. The minimum absolute atomic E-state index is 0.0408. The first-order valence-corrected chi connectivity index (χ1v) is 9.50. The van der Waals surface area contributed by atoms with Crippen molar-refractivity contribution in [3.05, 3.63) is 94.8 Å². The lowest BCUT2D eigenvalue weighted by Gasteiger charge is -2.26. The van der Waals surface area contributed by atoms with Crippen LogP contribution in [0.2, 0.25) is 0 Å². The van der Waals surface area contributed by atoms with Gasteiger partial charge in [-0.05, 0) is 37.3 Å². The molecule has 30 heavy (non-hydrogen) atoms. The highest BCUT2D eigenvalue weighted by molar-refractivity contribution is 6.00. The first kappa shape index (κ1) is 18.2. The molecule has 2 aromatic heterocycles. The van der Waals surface area contributed by atoms with Gasteiger partial charge in [0.2, 0.25) is 0 Å². The summed E-state index contributed by atoms with van der Waals surface area (Å²) in [4.78, 5) is 14.8. The molecule has 1 atom stereocenters. The van der Waals surface area contributed by atoms with Gasteiger partial charge in [-0.3, -0.25) is 9.89 Å². The summed E-state index contributed by atoms with van der Waals surface area (Å²) in [7, 11) is 0. The number of fused-ring (bicyclic) bond motifs is 1. The molecule has 1 aliphatic rings. The Morgan fingerprint density at radius 2 is 2.03 bits per heavy atom. The Hall–Kier alpha value is -3.87. The van der Waals surface area contributed by atoms with E-state index in [1.165, 1.54) is 12.3 Å². The Morgan fingerprint density at radius 1 is 1.20 bits per heavy atom. The van der Waals surface area contributed by atoms with Crippen molar-refractivity contribution < 1.29 is 18.7 Å². The molecule has 0 aliphatic carbocycles. The SMILES string of the molecule is Cc1ccc(O)c(-c2n[nH]c3c2[C@@H](c2ccccc2F)N(Cc2ccco2)C3=O)c1. The van der Waals surface area contributed by atoms with Crippen LogP contribution in [0.3, 0.4) is 0 Å². The summed E-state index contributed by atoms with van der Waals surface area (Å²) in [6.45, 7) is 2.07. The zero-order valence-corrected chi connectivity index (χ0v) is 16.1. The van der Waals surface area contributed by atoms with Crippen LogP contribution in [0.15, 0.2) is 65.3 Å². The van der Waals surface area contributed by atoms with Gasteiger partial charge in [-0.15, -0.1) is 0 Å². The van der Waals surface area contributed by atoms with E-state index >= 15 is 0 Å². The van der Waals surface area contributed by atoms with Crippen LogP contribution >= 0.6 is 0 Å². The largest absolute Gasteiger partial charge is 0.507 e. The Balaban J connectivity index is 1.71. The molecule has 4 aromatic rings. The Bertz CT molecular complexity index is 1250. The van der Waals surface area contributed by atoms with E-state index in [1.54, 1.807) is 53.4 Å². The number of phenols is 1. The molecule has 0 bridgehead atoms. The summed E-state index contributed by atoms with van der Waals surface area (Å²) in [5, 5.41) is 17.6. The number of nitrogens with zero attached hydrogens (tertiary/aromatic N) is 2. The molecule has 2 N–H and O–H groups in total. The maximum atomic E-state index is 14.9. The third-order valence-electron chi connectivity index (χ3n) is 5.38. The van der Waals surface area contributed by atoms with Crippen molar-refractivity contribution >= 4 is 5.91 Å². The molecule has 1 amide bonds. The Morgan fingerprint density at radius 3 is 2.80 bits per heavy atom. The second kappa shape index (κ2) is 6.88. The number of hydrogen-bond donors (Lipinski definition) is 2. The van der Waals surface area contributed by atoms with E-state index in [-0.39, 0.29) is 23.9 Å². The van der Waals surface area contributed by atoms with Gasteiger partial charge in [-0.25, -0.2) is 4.39 Å². The highest BCUT2D eigenvalue weighted by atomic mass is 19.1. The van der Waals surface area contributed by atoms with Crippen molar-refractivity contribution in [1.82, 2.24) is 15.1 Å². The lowest BCUT2D eigenvalue weighted by molar-refractivity contribution is 0.0715. The van der Waals surface area contributed by atoms with E-state index in [4.69, 9.17) is 4.42 Å². The second-order valence-electron chi connectivity index (χ2n) is 7.32. The van der Waals surface area contributed by atoms with E-state index in [1.807, 2.05) is 6.92 Å². The number of carbonyl (C=O) groups excluding carboxylic acids is 1. The summed E-state index contributed by atoms with van der Waals surface area (Å²) in [5.74, 6) is -0.101. The topological polar surface area (TPSA) is 82.4 Å². The molecule has 2 aromatic carbocycles. The Kier molecular flexibility index (Phi) is 4.17. The lowest BCUT2D eigenvalue weighted by atomic mass is 9.94. The maximum Gasteiger partial charge on any atom is 0.273 e. The van der Waals surface area contributed by atoms with Crippen molar-refractivity contribution in [2.24, 2.45) is 0 Å². The van der Waals surface area contributed by atoms with Gasteiger partial charge >= 0.3 is 0 Å². The first-order valence-electron chi connectivity index (χ1n) is 9.50. The van der Waals surface area contributed by atoms with Crippen LogP contribution in [0.25, 0.3) is 11.3 Å². The van der Waals surface area contributed by atoms with Gasteiger partial charge < -0.3 is 14.4 Å². The van der Waals surface area contributed by atoms with Crippen molar-refractivity contribution in [3.63, 3.8) is 0 Å². The molecule has 0 saturated heterocycles. The lowest BCUT2D eigenvalue weighted by Crippen LogP contribution is -2.29. The second-order valence-corrected chi connectivity index (χ2v) is 7.32. The van der Waals surface area contributed by atoms with Gasteiger partial charge in [0.15, 0.2) is 0 Å². The van der Waals surface area contributed by atoms with Gasteiger partial charge in [0.05, 0.1) is 18.8 Å². The molecular formula is C23H18FN3O3. The highest BCUT2D eigenvalue weighted by Gasteiger charge is 2.43. The average molecular weight is 403 g/mol. The summed E-state index contributed by atoms with van der Waals surface area (Å²) in [5.41, 5.74) is 3.02. The maximum absolute atomic E-state index is 14.9. The molecule has 0 spiro atoms. The van der Waals surface area contributed by atoms with Crippen molar-refractivity contribution in [3.8, 4) is 17.0 Å². The molecule has 150 valence electrons. The van der Waals surface area contributed by atoms with Gasteiger partial charge in [-0.2, -0.15) is 5.10 Å². The zero-order chi connectivity index (χ0) is 20.8. The fourth-order valence-corrected chi connectivity index (χ4v) is 4.00. The van der Waals surface area contributed by atoms with Crippen LogP contribution in [0.1, 0.15) is 39.0 Å². The van der Waals surface area contributed by atoms with Crippen LogP contribution in [0, 0.1) is 12.7 Å². The van der Waals surface area contributed by atoms with Crippen LogP contribution in [-0.4, -0.2) is 26.1 Å². The van der Waals surface area contributed by atoms with E-state index < -0.39 is 11.9 Å². The first-order chi connectivity index (χ1) is 14.5. The molecule has 5 rings (SSSR count). The number of furan rings is 1. The van der Waals surface area contributed by atoms with Gasteiger partial charge in [0.25, 0.3) is 5.91 Å². The number of carbonyl (C=O) groups is 1. The fraction of sp³-hybridized carbons (Fsp3) is 0.130. The number of aromatic nitrogens is 2. The molecule has 6 nitrogen and oxygen atoms in total. The number of halogens is 1. The van der Waals surface area contributed by atoms with Crippen molar-refractivity contribution in [2.45, 2.75) is 19.5 Å². The van der Waals surface area contributed by atoms with Crippen LogP contribution in [-0.2, 0) is 6.54 Å². The van der Waals surface area contributed by atoms with Crippen LogP contribution in [0.5, 0.6) is 5.75 Å². The number of amides is 1. The van der Waals surface area contributed by atoms with E-state index in [0.717, 1.165) is 5.56 Å². The molecule has 0 radical (unpaired) electrons. The Labute approximate surface area is 171 Å². The monoisotopic (exact) mass is 403 g/mol. The average Bonchev–Trinajstić information content (AvgIpc) is 3.45. The fourth-order valence-electron chi connectivity index (χ4n) is 4.00. The van der Waals surface area contributed by atoms with Gasteiger partial charge in [-0.1, -0.05) is 29.8 Å². The zero-order valence-electron chi connectivity index (χ0n) is 16.1. The number of aryl methyl sites for hydroxylation is 1. The van der Waals surface area contributed by atoms with Crippen molar-refractivity contribution in [2.75, 3.05) is 0 Å². The summed E-state index contributed by atoms with van der Waals surface area (Å²) in [6, 6.07) is 14.3. The third-order valence-corrected chi connectivity index (χ3v) is 5.38. The molecule has 7 heteroatoms. The third kappa shape index (κ3) is 2.78. The minimum atomic E-state index is -0.715. The molecule has 0 unspecified atom stereocenters. The number of rotatable bonds is 4. The number of H-pyrrole nitrogens is 1. The van der Waals surface area contributed by atoms with Gasteiger partial charge in [0.1, 0.15) is 28.7 Å². The van der Waals surface area contributed by atoms with E-state index in [9.17, 15) is 14.3 Å². The highest BCUT2D eigenvalue weighted by Crippen LogP contribution is 2.45. The minimum Gasteiger partial charge on any atom is -0.507 e. The molecule has 0 fully saturated rings. The van der Waals surface area contributed by atoms with Crippen molar-refractivity contribution in [1.29, 1.82) is 0 Å².